The van der Waals surface area contributed by atoms with E-state index in [2.05, 4.69) is 41.2 Å². The van der Waals surface area contributed by atoms with E-state index < -0.39 is 0 Å². The number of nitrogens with zero attached hydrogens (tertiary/aromatic N) is 2. The summed E-state index contributed by atoms with van der Waals surface area (Å²) in [4.78, 5) is 6.95. The average molecular weight is 247 g/mol. The third-order valence-electron chi connectivity index (χ3n) is 4.11. The minimum absolute atomic E-state index is 0.383. The van der Waals surface area contributed by atoms with Crippen LogP contribution in [-0.4, -0.2) is 25.1 Å². The highest BCUT2D eigenvalue weighted by atomic mass is 15.2. The van der Waals surface area contributed by atoms with Crippen molar-refractivity contribution in [3.8, 4) is 0 Å². The van der Waals surface area contributed by atoms with Gasteiger partial charge in [-0.3, -0.25) is 0 Å². The molecular weight excluding hydrogens is 222 g/mol. The van der Waals surface area contributed by atoms with Crippen molar-refractivity contribution in [1.82, 2.24) is 10.3 Å². The first-order valence-electron chi connectivity index (χ1n) is 7.12. The summed E-state index contributed by atoms with van der Waals surface area (Å²) in [5.74, 6) is 2.01. The molecule has 1 N–H and O–H groups in total. The van der Waals surface area contributed by atoms with Gasteiger partial charge in [-0.1, -0.05) is 6.42 Å². The van der Waals surface area contributed by atoms with E-state index in [1.165, 1.54) is 31.4 Å². The Balaban J connectivity index is 2.08. The van der Waals surface area contributed by atoms with E-state index in [1.54, 1.807) is 0 Å². The van der Waals surface area contributed by atoms with Gasteiger partial charge in [0, 0.05) is 25.3 Å². The standard InChI is InChI=1S/C15H25N3/c1-4-18(11-13-6-5-7-13)15-10-14(8-9-17-15)12(2)16-3/h8-10,12-13,16H,4-7,11H2,1-3H3. The van der Waals surface area contributed by atoms with Crippen molar-refractivity contribution in [3.63, 3.8) is 0 Å². The lowest BCUT2D eigenvalue weighted by molar-refractivity contribution is 0.318. The topological polar surface area (TPSA) is 28.2 Å². The van der Waals surface area contributed by atoms with Gasteiger partial charge in [0.15, 0.2) is 0 Å². The van der Waals surface area contributed by atoms with Crippen LogP contribution in [0.3, 0.4) is 0 Å². The number of anilines is 1. The average Bonchev–Trinajstić information content (AvgIpc) is 2.37. The fourth-order valence-electron chi connectivity index (χ4n) is 2.41. The third-order valence-corrected chi connectivity index (χ3v) is 4.11. The molecular formula is C15H25N3. The van der Waals surface area contributed by atoms with Crippen molar-refractivity contribution in [3.05, 3.63) is 23.9 Å². The Morgan fingerprint density at radius 2 is 2.28 bits per heavy atom. The van der Waals surface area contributed by atoms with Gasteiger partial charge in [0.25, 0.3) is 0 Å². The summed E-state index contributed by atoms with van der Waals surface area (Å²) < 4.78 is 0. The molecule has 1 saturated carbocycles. The van der Waals surface area contributed by atoms with Gasteiger partial charge in [0.1, 0.15) is 5.82 Å². The summed E-state index contributed by atoms with van der Waals surface area (Å²) >= 11 is 0. The van der Waals surface area contributed by atoms with Crippen LogP contribution in [0.2, 0.25) is 0 Å². The molecule has 0 amide bonds. The number of pyridine rings is 1. The second kappa shape index (κ2) is 6.19. The minimum atomic E-state index is 0.383. The molecule has 0 saturated heterocycles. The monoisotopic (exact) mass is 247 g/mol. The lowest BCUT2D eigenvalue weighted by Crippen LogP contribution is -2.33. The molecule has 18 heavy (non-hydrogen) atoms. The van der Waals surface area contributed by atoms with E-state index >= 15 is 0 Å². The smallest absolute Gasteiger partial charge is 0.128 e. The second-order valence-electron chi connectivity index (χ2n) is 5.29. The fourth-order valence-corrected chi connectivity index (χ4v) is 2.41. The Kier molecular flexibility index (Phi) is 4.59. The van der Waals surface area contributed by atoms with Crippen LogP contribution >= 0.6 is 0 Å². The highest BCUT2D eigenvalue weighted by molar-refractivity contribution is 5.41. The number of hydrogen-bond donors (Lipinski definition) is 1. The van der Waals surface area contributed by atoms with Crippen molar-refractivity contribution in [2.45, 2.75) is 39.2 Å². The number of rotatable bonds is 6. The fraction of sp³-hybridized carbons (Fsp3) is 0.667. The van der Waals surface area contributed by atoms with Crippen LogP contribution in [-0.2, 0) is 0 Å². The Hall–Kier alpha value is -1.09. The lowest BCUT2D eigenvalue weighted by atomic mass is 9.85. The highest BCUT2D eigenvalue weighted by Gasteiger charge is 2.21. The van der Waals surface area contributed by atoms with E-state index in [0.717, 1.165) is 18.3 Å². The first kappa shape index (κ1) is 13.3. The van der Waals surface area contributed by atoms with Gasteiger partial charge in [0.2, 0.25) is 0 Å². The zero-order valence-corrected chi connectivity index (χ0v) is 11.8. The van der Waals surface area contributed by atoms with Crippen LogP contribution in [0.25, 0.3) is 0 Å². The molecule has 100 valence electrons. The van der Waals surface area contributed by atoms with Crippen LogP contribution in [0, 0.1) is 5.92 Å². The van der Waals surface area contributed by atoms with E-state index in [9.17, 15) is 0 Å². The van der Waals surface area contributed by atoms with Crippen molar-refractivity contribution in [2.75, 3.05) is 25.0 Å². The summed E-state index contributed by atoms with van der Waals surface area (Å²) in [6.07, 6.45) is 6.13. The first-order chi connectivity index (χ1) is 8.74. The lowest BCUT2D eigenvalue weighted by Gasteiger charge is -2.32. The summed E-state index contributed by atoms with van der Waals surface area (Å²) in [5.41, 5.74) is 1.31. The molecule has 2 rings (SSSR count). The largest absolute Gasteiger partial charge is 0.357 e. The quantitative estimate of drug-likeness (QED) is 0.837. The van der Waals surface area contributed by atoms with Gasteiger partial charge in [-0.2, -0.15) is 0 Å². The molecule has 0 radical (unpaired) electrons. The molecule has 0 spiro atoms. The Bertz CT molecular complexity index is 374. The van der Waals surface area contributed by atoms with Gasteiger partial charge in [-0.25, -0.2) is 4.98 Å². The Labute approximate surface area is 111 Å². The van der Waals surface area contributed by atoms with Gasteiger partial charge >= 0.3 is 0 Å². The maximum absolute atomic E-state index is 4.54. The van der Waals surface area contributed by atoms with Gasteiger partial charge < -0.3 is 10.2 Å². The van der Waals surface area contributed by atoms with Crippen molar-refractivity contribution in [2.24, 2.45) is 5.92 Å². The summed E-state index contributed by atoms with van der Waals surface area (Å²) in [6.45, 7) is 6.61. The normalized spacial score (nSPS) is 17.3. The van der Waals surface area contributed by atoms with Crippen molar-refractivity contribution in [1.29, 1.82) is 0 Å². The zero-order valence-electron chi connectivity index (χ0n) is 11.8. The summed E-state index contributed by atoms with van der Waals surface area (Å²) in [5, 5.41) is 3.28. The van der Waals surface area contributed by atoms with Crippen molar-refractivity contribution >= 4 is 5.82 Å². The minimum Gasteiger partial charge on any atom is -0.357 e. The SMILES string of the molecule is CCN(CC1CCC1)c1cc(C(C)NC)ccn1. The zero-order chi connectivity index (χ0) is 13.0. The van der Waals surface area contributed by atoms with E-state index in [1.807, 2.05) is 13.2 Å². The van der Waals surface area contributed by atoms with Gasteiger partial charge in [-0.05, 0) is 57.4 Å². The first-order valence-corrected chi connectivity index (χ1v) is 7.12. The highest BCUT2D eigenvalue weighted by Crippen LogP contribution is 2.28. The molecule has 0 bridgehead atoms. The molecule has 1 aromatic heterocycles. The number of nitrogens with one attached hydrogen (secondary N) is 1. The summed E-state index contributed by atoms with van der Waals surface area (Å²) in [7, 11) is 2.00. The maximum atomic E-state index is 4.54. The third kappa shape index (κ3) is 3.02. The van der Waals surface area contributed by atoms with E-state index in [-0.39, 0.29) is 0 Å². The van der Waals surface area contributed by atoms with Crippen LogP contribution in [0.15, 0.2) is 18.3 Å². The van der Waals surface area contributed by atoms with Crippen LogP contribution in [0.4, 0.5) is 5.82 Å². The predicted octanol–water partition coefficient (Wildman–Crippen LogP) is 2.99. The van der Waals surface area contributed by atoms with Crippen LogP contribution in [0.1, 0.15) is 44.7 Å². The molecule has 0 aromatic carbocycles. The molecule has 1 heterocycles. The van der Waals surface area contributed by atoms with Gasteiger partial charge in [0.05, 0.1) is 0 Å². The molecule has 3 nitrogen and oxygen atoms in total. The number of aromatic nitrogens is 1. The van der Waals surface area contributed by atoms with Crippen LogP contribution in [0.5, 0.6) is 0 Å². The molecule has 1 fully saturated rings. The Morgan fingerprint density at radius 1 is 1.50 bits per heavy atom. The molecule has 1 aliphatic rings. The number of hydrogen-bond acceptors (Lipinski definition) is 3. The van der Waals surface area contributed by atoms with Gasteiger partial charge in [-0.15, -0.1) is 0 Å². The second-order valence-corrected chi connectivity index (χ2v) is 5.29. The molecule has 1 aliphatic carbocycles. The molecule has 1 unspecified atom stereocenters. The van der Waals surface area contributed by atoms with Crippen LogP contribution < -0.4 is 10.2 Å². The van der Waals surface area contributed by atoms with Crippen molar-refractivity contribution < 1.29 is 0 Å². The molecule has 3 heteroatoms. The molecule has 0 aliphatic heterocycles. The summed E-state index contributed by atoms with van der Waals surface area (Å²) in [6, 6.07) is 4.71. The predicted molar refractivity (Wildman–Crippen MR) is 76.9 cm³/mol. The van der Waals surface area contributed by atoms with E-state index in [4.69, 9.17) is 0 Å². The molecule has 1 atom stereocenters. The Morgan fingerprint density at radius 3 is 2.83 bits per heavy atom. The maximum Gasteiger partial charge on any atom is 0.128 e. The van der Waals surface area contributed by atoms with E-state index in [0.29, 0.717) is 6.04 Å². The molecule has 1 aromatic rings.